The molecule has 3 aromatic rings. The van der Waals surface area contributed by atoms with E-state index >= 15 is 0 Å². The Morgan fingerprint density at radius 2 is 1.90 bits per heavy atom. The first-order valence-electron chi connectivity index (χ1n) is 6.12. The van der Waals surface area contributed by atoms with Gasteiger partial charge in [0.15, 0.2) is 0 Å². The van der Waals surface area contributed by atoms with Crippen molar-refractivity contribution < 1.29 is 9.18 Å². The molecule has 6 heteroatoms. The number of amides is 1. The fourth-order valence-corrected chi connectivity index (χ4v) is 2.02. The molecule has 0 atom stereocenters. The number of carbonyl (C=O) groups is 1. The third-order valence-corrected chi connectivity index (χ3v) is 3.15. The molecule has 0 saturated heterocycles. The Morgan fingerprint density at radius 1 is 1.14 bits per heavy atom. The van der Waals surface area contributed by atoms with Gasteiger partial charge in [-0.3, -0.25) is 9.78 Å². The predicted octanol–water partition coefficient (Wildman–Crippen LogP) is 3.67. The minimum absolute atomic E-state index is 0.0580. The summed E-state index contributed by atoms with van der Waals surface area (Å²) in [7, 11) is 0. The van der Waals surface area contributed by atoms with Crippen molar-refractivity contribution in [2.24, 2.45) is 0 Å². The second kappa shape index (κ2) is 5.46. The van der Waals surface area contributed by atoms with Gasteiger partial charge >= 0.3 is 0 Å². The topological polar surface area (TPSA) is 54.9 Å². The number of nitrogens with one attached hydrogen (secondary N) is 1. The van der Waals surface area contributed by atoms with Crippen molar-refractivity contribution >= 4 is 34.2 Å². The van der Waals surface area contributed by atoms with Gasteiger partial charge < -0.3 is 5.32 Å². The first-order valence-corrected chi connectivity index (χ1v) is 6.49. The van der Waals surface area contributed by atoms with Crippen LogP contribution in [0.2, 0.25) is 5.02 Å². The molecule has 1 N–H and O–H groups in total. The molecule has 0 aliphatic heterocycles. The van der Waals surface area contributed by atoms with Gasteiger partial charge in [-0.15, -0.1) is 0 Å². The van der Waals surface area contributed by atoms with E-state index in [-0.39, 0.29) is 10.7 Å². The number of carbonyl (C=O) groups excluding carboxylic acids is 1. The van der Waals surface area contributed by atoms with E-state index in [2.05, 4.69) is 15.3 Å². The molecule has 3 rings (SSSR count). The molecular formula is C15H9ClFN3O. The van der Waals surface area contributed by atoms with Gasteiger partial charge in [-0.2, -0.15) is 0 Å². The number of para-hydroxylation sites is 2. The third-order valence-electron chi connectivity index (χ3n) is 2.86. The number of halogens is 2. The standard InChI is InChI=1S/C15H9ClFN3O/c16-10-7-9(5-6-11(10)17)19-15(21)14-8-18-12-3-1-2-4-13(12)20-14/h1-8H,(H,19,21). The first kappa shape index (κ1) is 13.5. The zero-order valence-corrected chi connectivity index (χ0v) is 11.4. The van der Waals surface area contributed by atoms with E-state index in [0.717, 1.165) is 0 Å². The van der Waals surface area contributed by atoms with Crippen LogP contribution in [-0.4, -0.2) is 15.9 Å². The molecule has 0 bridgehead atoms. The summed E-state index contributed by atoms with van der Waals surface area (Å²) in [6.45, 7) is 0. The van der Waals surface area contributed by atoms with Crippen LogP contribution in [0.5, 0.6) is 0 Å². The van der Waals surface area contributed by atoms with Crippen LogP contribution in [0.25, 0.3) is 11.0 Å². The summed E-state index contributed by atoms with van der Waals surface area (Å²) in [5.74, 6) is -0.976. The monoisotopic (exact) mass is 301 g/mol. The number of hydrogen-bond donors (Lipinski definition) is 1. The largest absolute Gasteiger partial charge is 0.321 e. The van der Waals surface area contributed by atoms with E-state index in [1.165, 1.54) is 24.4 Å². The van der Waals surface area contributed by atoms with E-state index in [1.54, 1.807) is 6.07 Å². The molecule has 2 aromatic carbocycles. The molecule has 0 spiro atoms. The molecule has 0 fully saturated rings. The summed E-state index contributed by atoms with van der Waals surface area (Å²) >= 11 is 5.67. The third kappa shape index (κ3) is 2.83. The quantitative estimate of drug-likeness (QED) is 0.785. The molecular weight excluding hydrogens is 293 g/mol. The highest BCUT2D eigenvalue weighted by Crippen LogP contribution is 2.20. The zero-order valence-electron chi connectivity index (χ0n) is 10.7. The predicted molar refractivity (Wildman–Crippen MR) is 78.9 cm³/mol. The number of nitrogens with zero attached hydrogens (tertiary/aromatic N) is 2. The number of rotatable bonds is 2. The maximum Gasteiger partial charge on any atom is 0.275 e. The number of benzene rings is 2. The van der Waals surface area contributed by atoms with Gasteiger partial charge in [0.05, 0.1) is 22.3 Å². The van der Waals surface area contributed by atoms with Crippen LogP contribution in [0.15, 0.2) is 48.7 Å². The fraction of sp³-hybridized carbons (Fsp3) is 0. The Kier molecular flexibility index (Phi) is 3.50. The van der Waals surface area contributed by atoms with Crippen molar-refractivity contribution in [3.8, 4) is 0 Å². The van der Waals surface area contributed by atoms with Crippen LogP contribution in [0.3, 0.4) is 0 Å². The smallest absolute Gasteiger partial charge is 0.275 e. The lowest BCUT2D eigenvalue weighted by Crippen LogP contribution is -2.14. The van der Waals surface area contributed by atoms with Crippen LogP contribution in [0.1, 0.15) is 10.5 Å². The highest BCUT2D eigenvalue weighted by atomic mass is 35.5. The lowest BCUT2D eigenvalue weighted by Gasteiger charge is -2.06. The van der Waals surface area contributed by atoms with Crippen molar-refractivity contribution in [3.63, 3.8) is 0 Å². The van der Waals surface area contributed by atoms with Crippen LogP contribution in [0.4, 0.5) is 10.1 Å². The molecule has 0 saturated carbocycles. The van der Waals surface area contributed by atoms with E-state index in [1.807, 2.05) is 18.2 Å². The molecule has 4 nitrogen and oxygen atoms in total. The summed E-state index contributed by atoms with van der Waals surface area (Å²) in [5.41, 5.74) is 1.90. The normalized spacial score (nSPS) is 10.6. The first-order chi connectivity index (χ1) is 10.1. The average molecular weight is 302 g/mol. The maximum absolute atomic E-state index is 13.1. The van der Waals surface area contributed by atoms with Crippen molar-refractivity contribution in [1.82, 2.24) is 9.97 Å². The van der Waals surface area contributed by atoms with Gasteiger partial charge in [0.1, 0.15) is 11.5 Å². The molecule has 1 heterocycles. The van der Waals surface area contributed by atoms with Crippen molar-refractivity contribution in [3.05, 3.63) is 65.2 Å². The number of hydrogen-bond acceptors (Lipinski definition) is 3. The number of aromatic nitrogens is 2. The molecule has 1 amide bonds. The molecule has 0 aliphatic rings. The molecule has 0 radical (unpaired) electrons. The summed E-state index contributed by atoms with van der Waals surface area (Å²) in [4.78, 5) is 20.5. The number of fused-ring (bicyclic) bond motifs is 1. The SMILES string of the molecule is O=C(Nc1ccc(F)c(Cl)c1)c1cnc2ccccc2n1. The Labute approximate surface area is 124 Å². The van der Waals surface area contributed by atoms with E-state index in [4.69, 9.17) is 11.6 Å². The summed E-state index contributed by atoms with van der Waals surface area (Å²) in [6, 6.07) is 11.2. The lowest BCUT2D eigenvalue weighted by molar-refractivity contribution is 0.102. The molecule has 104 valence electrons. The average Bonchev–Trinajstić information content (AvgIpc) is 2.50. The van der Waals surface area contributed by atoms with Crippen molar-refractivity contribution in [2.75, 3.05) is 5.32 Å². The zero-order chi connectivity index (χ0) is 14.8. The fourth-order valence-electron chi connectivity index (χ4n) is 1.84. The van der Waals surface area contributed by atoms with Gasteiger partial charge in [-0.1, -0.05) is 23.7 Å². The second-order valence-corrected chi connectivity index (χ2v) is 4.73. The molecule has 0 unspecified atom stereocenters. The Morgan fingerprint density at radius 3 is 2.67 bits per heavy atom. The van der Waals surface area contributed by atoms with Crippen LogP contribution in [0, 0.1) is 5.82 Å². The Hall–Kier alpha value is -2.53. The van der Waals surface area contributed by atoms with Gasteiger partial charge in [-0.05, 0) is 30.3 Å². The van der Waals surface area contributed by atoms with Crippen LogP contribution >= 0.6 is 11.6 Å². The van der Waals surface area contributed by atoms with E-state index in [9.17, 15) is 9.18 Å². The highest BCUT2D eigenvalue weighted by molar-refractivity contribution is 6.31. The summed E-state index contributed by atoms with van der Waals surface area (Å²) < 4.78 is 13.1. The Bertz CT molecular complexity index is 838. The lowest BCUT2D eigenvalue weighted by atomic mass is 10.2. The maximum atomic E-state index is 13.1. The number of anilines is 1. The minimum atomic E-state index is -0.542. The molecule has 0 aliphatic carbocycles. The van der Waals surface area contributed by atoms with Gasteiger partial charge in [0.2, 0.25) is 0 Å². The van der Waals surface area contributed by atoms with Crippen molar-refractivity contribution in [1.29, 1.82) is 0 Å². The van der Waals surface area contributed by atoms with Crippen molar-refractivity contribution in [2.45, 2.75) is 0 Å². The molecule has 21 heavy (non-hydrogen) atoms. The van der Waals surface area contributed by atoms with Crippen LogP contribution in [-0.2, 0) is 0 Å². The van der Waals surface area contributed by atoms with E-state index < -0.39 is 11.7 Å². The molecule has 1 aromatic heterocycles. The Balaban J connectivity index is 1.87. The summed E-state index contributed by atoms with van der Waals surface area (Å²) in [5, 5.41) is 2.54. The summed E-state index contributed by atoms with van der Waals surface area (Å²) in [6.07, 6.45) is 1.39. The minimum Gasteiger partial charge on any atom is -0.321 e. The van der Waals surface area contributed by atoms with Crippen LogP contribution < -0.4 is 5.32 Å². The van der Waals surface area contributed by atoms with E-state index in [0.29, 0.717) is 16.7 Å². The van der Waals surface area contributed by atoms with Gasteiger partial charge in [0, 0.05) is 5.69 Å². The highest BCUT2D eigenvalue weighted by Gasteiger charge is 2.10. The second-order valence-electron chi connectivity index (χ2n) is 4.33. The van der Waals surface area contributed by atoms with Gasteiger partial charge in [-0.25, -0.2) is 9.37 Å². The van der Waals surface area contributed by atoms with Gasteiger partial charge in [0.25, 0.3) is 5.91 Å².